The van der Waals surface area contributed by atoms with Crippen molar-refractivity contribution in [1.82, 2.24) is 5.32 Å². The van der Waals surface area contributed by atoms with Gasteiger partial charge in [-0.3, -0.25) is 9.59 Å². The van der Waals surface area contributed by atoms with E-state index in [0.717, 1.165) is 32.2 Å². The van der Waals surface area contributed by atoms with E-state index >= 15 is 0 Å². The van der Waals surface area contributed by atoms with Crippen molar-refractivity contribution >= 4 is 11.9 Å². The zero-order valence-corrected chi connectivity index (χ0v) is 16.0. The average molecular weight is 356 g/mol. The summed E-state index contributed by atoms with van der Waals surface area (Å²) >= 11 is 0. The molecular formula is C20H37NO4. The van der Waals surface area contributed by atoms with Crippen LogP contribution >= 0.6 is 0 Å². The Kier molecular flexibility index (Phi) is 10.8. The van der Waals surface area contributed by atoms with Gasteiger partial charge in [-0.15, -0.1) is 0 Å². The average Bonchev–Trinajstić information content (AvgIpc) is 2.55. The zero-order chi connectivity index (χ0) is 18.7. The first-order valence-electron chi connectivity index (χ1n) is 10.1. The molecule has 146 valence electrons. The number of nitrogens with one attached hydrogen (secondary N) is 1. The quantitative estimate of drug-likeness (QED) is 0.432. The summed E-state index contributed by atoms with van der Waals surface area (Å²) in [4.78, 5) is 21.9. The van der Waals surface area contributed by atoms with E-state index in [1.165, 1.54) is 25.7 Å². The SMILES string of the molecule is CCCC1C(CCCNC)CCC(CCCC(=O)O)C1CCC(=O)O. The van der Waals surface area contributed by atoms with Gasteiger partial charge in [0.1, 0.15) is 0 Å². The molecule has 1 fully saturated rings. The summed E-state index contributed by atoms with van der Waals surface area (Å²) in [6.45, 7) is 3.25. The number of hydrogen-bond donors (Lipinski definition) is 3. The third-order valence-corrected chi connectivity index (χ3v) is 5.95. The molecule has 0 aromatic rings. The van der Waals surface area contributed by atoms with Crippen LogP contribution in [0.15, 0.2) is 0 Å². The Bertz CT molecular complexity index is 399. The van der Waals surface area contributed by atoms with Crippen molar-refractivity contribution in [3.8, 4) is 0 Å². The molecule has 25 heavy (non-hydrogen) atoms. The molecule has 5 nitrogen and oxygen atoms in total. The van der Waals surface area contributed by atoms with Gasteiger partial charge in [-0.1, -0.05) is 19.8 Å². The lowest BCUT2D eigenvalue weighted by molar-refractivity contribution is -0.138. The number of carboxylic acids is 2. The summed E-state index contributed by atoms with van der Waals surface area (Å²) in [6, 6.07) is 0. The van der Waals surface area contributed by atoms with Crippen LogP contribution in [0.3, 0.4) is 0 Å². The number of aliphatic carboxylic acids is 2. The summed E-state index contributed by atoms with van der Waals surface area (Å²) in [5, 5.41) is 21.3. The van der Waals surface area contributed by atoms with Crippen LogP contribution in [0.1, 0.15) is 77.6 Å². The predicted molar refractivity (Wildman–Crippen MR) is 99.6 cm³/mol. The molecule has 1 saturated carbocycles. The van der Waals surface area contributed by atoms with E-state index in [-0.39, 0.29) is 12.8 Å². The Morgan fingerprint density at radius 2 is 1.44 bits per heavy atom. The van der Waals surface area contributed by atoms with E-state index < -0.39 is 11.9 Å². The first-order valence-corrected chi connectivity index (χ1v) is 10.1. The highest BCUT2D eigenvalue weighted by Gasteiger charge is 2.38. The summed E-state index contributed by atoms with van der Waals surface area (Å²) in [7, 11) is 1.98. The number of rotatable bonds is 13. The summed E-state index contributed by atoms with van der Waals surface area (Å²) in [5.41, 5.74) is 0. The maximum Gasteiger partial charge on any atom is 0.303 e. The van der Waals surface area contributed by atoms with Gasteiger partial charge in [0, 0.05) is 12.8 Å². The van der Waals surface area contributed by atoms with E-state index in [4.69, 9.17) is 10.2 Å². The molecule has 4 unspecified atom stereocenters. The smallest absolute Gasteiger partial charge is 0.303 e. The maximum absolute atomic E-state index is 11.1. The summed E-state index contributed by atoms with van der Waals surface area (Å²) in [6.07, 6.45) is 9.92. The van der Waals surface area contributed by atoms with Gasteiger partial charge in [-0.05, 0) is 82.2 Å². The molecule has 0 bridgehead atoms. The Labute approximate surface area is 152 Å². The molecule has 1 aliphatic rings. The van der Waals surface area contributed by atoms with Crippen LogP contribution in [0, 0.1) is 23.7 Å². The Hall–Kier alpha value is -1.10. The van der Waals surface area contributed by atoms with Crippen LogP contribution < -0.4 is 5.32 Å². The topological polar surface area (TPSA) is 86.6 Å². The first kappa shape index (κ1) is 21.9. The molecule has 0 spiro atoms. The number of carboxylic acid groups (broad SMARTS) is 2. The van der Waals surface area contributed by atoms with Crippen molar-refractivity contribution in [3.63, 3.8) is 0 Å². The van der Waals surface area contributed by atoms with Crippen molar-refractivity contribution in [1.29, 1.82) is 0 Å². The predicted octanol–water partition coefficient (Wildman–Crippen LogP) is 4.16. The molecule has 0 aromatic heterocycles. The van der Waals surface area contributed by atoms with Crippen LogP contribution in [-0.2, 0) is 9.59 Å². The molecule has 1 rings (SSSR count). The lowest BCUT2D eigenvalue weighted by Gasteiger charge is -2.44. The highest BCUT2D eigenvalue weighted by Crippen LogP contribution is 2.47. The van der Waals surface area contributed by atoms with Crippen molar-refractivity contribution in [2.24, 2.45) is 23.7 Å². The third kappa shape index (κ3) is 8.21. The van der Waals surface area contributed by atoms with Crippen LogP contribution in [0.5, 0.6) is 0 Å². The molecule has 0 saturated heterocycles. The van der Waals surface area contributed by atoms with Gasteiger partial charge in [-0.2, -0.15) is 0 Å². The molecule has 5 heteroatoms. The van der Waals surface area contributed by atoms with Gasteiger partial charge in [0.15, 0.2) is 0 Å². The van der Waals surface area contributed by atoms with Crippen LogP contribution in [0.2, 0.25) is 0 Å². The molecule has 0 radical (unpaired) electrons. The minimum absolute atomic E-state index is 0.228. The Balaban J connectivity index is 2.76. The highest BCUT2D eigenvalue weighted by molar-refractivity contribution is 5.66. The molecule has 0 aromatic carbocycles. The molecule has 0 aliphatic heterocycles. The van der Waals surface area contributed by atoms with Crippen molar-refractivity contribution < 1.29 is 19.8 Å². The van der Waals surface area contributed by atoms with E-state index in [2.05, 4.69) is 12.2 Å². The Morgan fingerprint density at radius 1 is 0.880 bits per heavy atom. The summed E-state index contributed by atoms with van der Waals surface area (Å²) < 4.78 is 0. The van der Waals surface area contributed by atoms with Crippen LogP contribution in [-0.4, -0.2) is 35.7 Å². The zero-order valence-electron chi connectivity index (χ0n) is 16.0. The Morgan fingerprint density at radius 3 is 1.96 bits per heavy atom. The fraction of sp³-hybridized carbons (Fsp3) is 0.900. The maximum atomic E-state index is 11.1. The fourth-order valence-electron chi connectivity index (χ4n) is 4.85. The fourth-order valence-corrected chi connectivity index (χ4v) is 4.85. The standard InChI is InChI=1S/C20H37NO4/c1-3-6-17-16(8-5-14-21-2)11-10-15(7-4-9-19(22)23)18(17)12-13-20(24)25/h15-18,21H,3-14H2,1-2H3,(H,22,23)(H,24,25). The first-order chi connectivity index (χ1) is 12.0. The van der Waals surface area contributed by atoms with E-state index in [0.29, 0.717) is 30.1 Å². The molecule has 0 amide bonds. The molecule has 3 N–H and O–H groups in total. The van der Waals surface area contributed by atoms with Crippen LogP contribution in [0.25, 0.3) is 0 Å². The minimum Gasteiger partial charge on any atom is -0.481 e. The third-order valence-electron chi connectivity index (χ3n) is 5.95. The minimum atomic E-state index is -0.729. The monoisotopic (exact) mass is 355 g/mol. The van der Waals surface area contributed by atoms with Crippen molar-refractivity contribution in [3.05, 3.63) is 0 Å². The molecule has 0 heterocycles. The van der Waals surface area contributed by atoms with Gasteiger partial charge in [0.05, 0.1) is 0 Å². The van der Waals surface area contributed by atoms with E-state index in [1.807, 2.05) is 7.05 Å². The molecule has 1 aliphatic carbocycles. The van der Waals surface area contributed by atoms with E-state index in [9.17, 15) is 9.59 Å². The largest absolute Gasteiger partial charge is 0.481 e. The van der Waals surface area contributed by atoms with Gasteiger partial charge in [0.2, 0.25) is 0 Å². The van der Waals surface area contributed by atoms with E-state index in [1.54, 1.807) is 0 Å². The van der Waals surface area contributed by atoms with Gasteiger partial charge in [-0.25, -0.2) is 0 Å². The second-order valence-corrected chi connectivity index (χ2v) is 7.68. The second-order valence-electron chi connectivity index (χ2n) is 7.68. The van der Waals surface area contributed by atoms with Crippen molar-refractivity contribution in [2.45, 2.75) is 77.6 Å². The van der Waals surface area contributed by atoms with Crippen LogP contribution in [0.4, 0.5) is 0 Å². The van der Waals surface area contributed by atoms with Gasteiger partial charge >= 0.3 is 11.9 Å². The normalized spacial score (nSPS) is 26.5. The van der Waals surface area contributed by atoms with Gasteiger partial charge in [0.25, 0.3) is 0 Å². The van der Waals surface area contributed by atoms with Gasteiger partial charge < -0.3 is 15.5 Å². The molecular weight excluding hydrogens is 318 g/mol. The number of hydrogen-bond acceptors (Lipinski definition) is 3. The lowest BCUT2D eigenvalue weighted by Crippen LogP contribution is -2.35. The number of carbonyl (C=O) groups is 2. The highest BCUT2D eigenvalue weighted by atomic mass is 16.4. The lowest BCUT2D eigenvalue weighted by atomic mass is 9.61. The second kappa shape index (κ2) is 12.3. The molecule has 4 atom stereocenters. The van der Waals surface area contributed by atoms with Crippen molar-refractivity contribution in [2.75, 3.05) is 13.6 Å². The summed E-state index contributed by atoms with van der Waals surface area (Å²) in [5.74, 6) is 0.798.